The average molecular weight is 182 g/mol. The highest BCUT2D eigenvalue weighted by Crippen LogP contribution is 2.62. The summed E-state index contributed by atoms with van der Waals surface area (Å²) in [5.74, 6) is 3.64. The first-order chi connectivity index (χ1) is 6.07. The van der Waals surface area contributed by atoms with Crippen LogP contribution in [0, 0.1) is 29.1 Å². The van der Waals surface area contributed by atoms with Crippen molar-refractivity contribution in [3.63, 3.8) is 0 Å². The molecule has 0 aromatic carbocycles. The molecule has 0 aromatic rings. The lowest BCUT2D eigenvalue weighted by Gasteiger charge is -2.62. The zero-order valence-corrected chi connectivity index (χ0v) is 9.34. The second-order valence-corrected chi connectivity index (χ2v) is 5.69. The minimum Gasteiger partial charge on any atom is -0.384 e. The Morgan fingerprint density at radius 2 is 2.00 bits per heavy atom. The zero-order chi connectivity index (χ0) is 9.64. The van der Waals surface area contributed by atoms with Crippen molar-refractivity contribution < 1.29 is 4.74 Å². The molecule has 4 atom stereocenters. The highest BCUT2D eigenvalue weighted by Gasteiger charge is 2.56. The van der Waals surface area contributed by atoms with E-state index >= 15 is 0 Å². The lowest BCUT2D eigenvalue weighted by atomic mass is 9.43. The third-order valence-electron chi connectivity index (χ3n) is 4.81. The molecule has 3 rings (SSSR count). The standard InChI is InChI=1S/C12H22O/c1-8-5-9-6-11(12(9,2)3)10(8)7-13-4/h8-11H,5-7H2,1-4H3/t8-,9-,10+,11-/m1/s1. The molecule has 0 aromatic heterocycles. The number of fused-ring (bicyclic) bond motifs is 2. The number of hydrogen-bond donors (Lipinski definition) is 0. The van der Waals surface area contributed by atoms with Gasteiger partial charge in [-0.3, -0.25) is 0 Å². The molecule has 0 unspecified atom stereocenters. The van der Waals surface area contributed by atoms with Gasteiger partial charge >= 0.3 is 0 Å². The molecule has 13 heavy (non-hydrogen) atoms. The van der Waals surface area contributed by atoms with Crippen LogP contribution in [0.5, 0.6) is 0 Å². The van der Waals surface area contributed by atoms with E-state index < -0.39 is 0 Å². The first-order valence-electron chi connectivity index (χ1n) is 5.56. The van der Waals surface area contributed by atoms with Gasteiger partial charge in [0.25, 0.3) is 0 Å². The summed E-state index contributed by atoms with van der Waals surface area (Å²) in [6, 6.07) is 0. The van der Waals surface area contributed by atoms with Gasteiger partial charge in [-0.25, -0.2) is 0 Å². The molecule has 2 bridgehead atoms. The first-order valence-corrected chi connectivity index (χ1v) is 5.56. The van der Waals surface area contributed by atoms with E-state index in [0.29, 0.717) is 5.41 Å². The molecule has 1 nitrogen and oxygen atoms in total. The zero-order valence-electron chi connectivity index (χ0n) is 9.34. The topological polar surface area (TPSA) is 9.23 Å². The summed E-state index contributed by atoms with van der Waals surface area (Å²) in [5.41, 5.74) is 0.607. The van der Waals surface area contributed by atoms with Gasteiger partial charge in [0.15, 0.2) is 0 Å². The largest absolute Gasteiger partial charge is 0.384 e. The van der Waals surface area contributed by atoms with Crippen molar-refractivity contribution in [3.05, 3.63) is 0 Å². The van der Waals surface area contributed by atoms with E-state index in [2.05, 4.69) is 20.8 Å². The lowest BCUT2D eigenvalue weighted by Crippen LogP contribution is -2.56. The fourth-order valence-corrected chi connectivity index (χ4v) is 3.68. The van der Waals surface area contributed by atoms with E-state index in [1.165, 1.54) is 12.8 Å². The molecule has 0 saturated heterocycles. The van der Waals surface area contributed by atoms with Crippen LogP contribution < -0.4 is 0 Å². The normalized spacial score (nSPS) is 47.1. The van der Waals surface area contributed by atoms with Gasteiger partial charge in [-0.1, -0.05) is 20.8 Å². The Labute approximate surface area is 81.9 Å². The molecule has 0 radical (unpaired) electrons. The van der Waals surface area contributed by atoms with Crippen LogP contribution in [0.2, 0.25) is 0 Å². The molecule has 3 aliphatic carbocycles. The number of ether oxygens (including phenoxy) is 1. The van der Waals surface area contributed by atoms with Gasteiger partial charge in [-0.15, -0.1) is 0 Å². The molecule has 1 heteroatoms. The van der Waals surface area contributed by atoms with Crippen molar-refractivity contribution >= 4 is 0 Å². The third-order valence-corrected chi connectivity index (χ3v) is 4.81. The highest BCUT2D eigenvalue weighted by atomic mass is 16.5. The Kier molecular flexibility index (Phi) is 2.18. The minimum atomic E-state index is 0.607. The van der Waals surface area contributed by atoms with E-state index in [1.54, 1.807) is 0 Å². The van der Waals surface area contributed by atoms with Gasteiger partial charge in [-0.2, -0.15) is 0 Å². The second-order valence-electron chi connectivity index (χ2n) is 5.69. The van der Waals surface area contributed by atoms with E-state index in [4.69, 9.17) is 4.74 Å². The fourth-order valence-electron chi connectivity index (χ4n) is 3.68. The highest BCUT2D eigenvalue weighted by molar-refractivity contribution is 5.05. The quantitative estimate of drug-likeness (QED) is 0.638. The molecule has 0 amide bonds. The van der Waals surface area contributed by atoms with Crippen LogP contribution in [0.3, 0.4) is 0 Å². The number of rotatable bonds is 2. The van der Waals surface area contributed by atoms with Gasteiger partial charge in [0.05, 0.1) is 0 Å². The van der Waals surface area contributed by atoms with Crippen molar-refractivity contribution in [1.29, 1.82) is 0 Å². The van der Waals surface area contributed by atoms with Crippen LogP contribution >= 0.6 is 0 Å². The van der Waals surface area contributed by atoms with Crippen molar-refractivity contribution in [3.8, 4) is 0 Å². The average Bonchev–Trinajstić information content (AvgIpc) is 2.08. The van der Waals surface area contributed by atoms with Gasteiger partial charge in [-0.05, 0) is 41.9 Å². The van der Waals surface area contributed by atoms with Crippen LogP contribution in [0.15, 0.2) is 0 Å². The van der Waals surface area contributed by atoms with Crippen LogP contribution in [0.1, 0.15) is 33.6 Å². The van der Waals surface area contributed by atoms with E-state index in [1.807, 2.05) is 7.11 Å². The number of methoxy groups -OCH3 is 1. The predicted molar refractivity (Wildman–Crippen MR) is 54.5 cm³/mol. The first kappa shape index (κ1) is 9.51. The summed E-state index contributed by atoms with van der Waals surface area (Å²) in [4.78, 5) is 0. The van der Waals surface area contributed by atoms with Gasteiger partial charge in [0.2, 0.25) is 0 Å². The smallest absolute Gasteiger partial charge is 0.0495 e. The van der Waals surface area contributed by atoms with Crippen LogP contribution in [-0.2, 0) is 4.74 Å². The molecule has 0 aliphatic heterocycles. The Morgan fingerprint density at radius 3 is 2.54 bits per heavy atom. The SMILES string of the molecule is COC[C@H]1[C@H](C)C[C@@H]2C[C@H]1C2(C)C. The summed E-state index contributed by atoms with van der Waals surface area (Å²) < 4.78 is 5.34. The van der Waals surface area contributed by atoms with Crippen LogP contribution in [-0.4, -0.2) is 13.7 Å². The maximum atomic E-state index is 5.34. The van der Waals surface area contributed by atoms with Gasteiger partial charge in [0, 0.05) is 13.7 Å². The molecular weight excluding hydrogens is 160 g/mol. The van der Waals surface area contributed by atoms with Gasteiger partial charge < -0.3 is 4.74 Å². The fraction of sp³-hybridized carbons (Fsp3) is 1.00. The Bertz CT molecular complexity index is 197. The molecule has 0 heterocycles. The van der Waals surface area contributed by atoms with E-state index in [-0.39, 0.29) is 0 Å². The minimum absolute atomic E-state index is 0.607. The maximum Gasteiger partial charge on any atom is 0.0495 e. The van der Waals surface area contributed by atoms with Crippen molar-refractivity contribution in [2.75, 3.05) is 13.7 Å². The molecule has 76 valence electrons. The molecule has 3 saturated carbocycles. The Morgan fingerprint density at radius 1 is 1.31 bits per heavy atom. The van der Waals surface area contributed by atoms with E-state index in [0.717, 1.165) is 30.3 Å². The summed E-state index contributed by atoms with van der Waals surface area (Å²) in [6.45, 7) is 8.26. The molecular formula is C12H22O. The lowest BCUT2D eigenvalue weighted by molar-refractivity contribution is -0.145. The second kappa shape index (κ2) is 2.98. The van der Waals surface area contributed by atoms with Crippen molar-refractivity contribution in [2.24, 2.45) is 29.1 Å². The summed E-state index contributed by atoms with van der Waals surface area (Å²) in [7, 11) is 1.84. The molecule has 3 fully saturated rings. The maximum absolute atomic E-state index is 5.34. The summed E-state index contributed by atoms with van der Waals surface area (Å²) >= 11 is 0. The Hall–Kier alpha value is -0.0400. The number of hydrogen-bond acceptors (Lipinski definition) is 1. The van der Waals surface area contributed by atoms with Crippen molar-refractivity contribution in [2.45, 2.75) is 33.6 Å². The molecule has 0 spiro atoms. The van der Waals surface area contributed by atoms with Crippen LogP contribution in [0.25, 0.3) is 0 Å². The summed E-state index contributed by atoms with van der Waals surface area (Å²) in [6.07, 6.45) is 2.89. The van der Waals surface area contributed by atoms with Crippen molar-refractivity contribution in [1.82, 2.24) is 0 Å². The summed E-state index contributed by atoms with van der Waals surface area (Å²) in [5, 5.41) is 0. The monoisotopic (exact) mass is 182 g/mol. The van der Waals surface area contributed by atoms with E-state index in [9.17, 15) is 0 Å². The molecule has 3 aliphatic rings. The van der Waals surface area contributed by atoms with Crippen LogP contribution in [0.4, 0.5) is 0 Å². The molecule has 0 N–H and O–H groups in total. The van der Waals surface area contributed by atoms with Gasteiger partial charge in [0.1, 0.15) is 0 Å². The Balaban J connectivity index is 2.08. The third kappa shape index (κ3) is 1.24. The predicted octanol–water partition coefficient (Wildman–Crippen LogP) is 2.95.